The lowest BCUT2D eigenvalue weighted by atomic mass is 10.0. The number of aliphatic hydroxyl groups excluding tert-OH is 1. The SMILES string of the molecule is COc1cccc(CO)c1C(=O)C(C)Br. The number of carbonyl (C=O) groups excluding carboxylic acids is 1. The fourth-order valence-electron chi connectivity index (χ4n) is 1.36. The third-order valence-electron chi connectivity index (χ3n) is 2.11. The molecule has 0 aliphatic rings. The van der Waals surface area contributed by atoms with E-state index in [1.807, 2.05) is 0 Å². The topological polar surface area (TPSA) is 46.5 Å². The summed E-state index contributed by atoms with van der Waals surface area (Å²) in [5.41, 5.74) is 1.04. The molecule has 82 valence electrons. The monoisotopic (exact) mass is 272 g/mol. The van der Waals surface area contributed by atoms with Gasteiger partial charge in [0.1, 0.15) is 5.75 Å². The van der Waals surface area contributed by atoms with E-state index in [0.29, 0.717) is 16.9 Å². The number of aliphatic hydroxyl groups is 1. The van der Waals surface area contributed by atoms with Gasteiger partial charge in [-0.15, -0.1) is 0 Å². The molecule has 1 unspecified atom stereocenters. The van der Waals surface area contributed by atoms with Gasteiger partial charge in [-0.3, -0.25) is 4.79 Å². The van der Waals surface area contributed by atoms with Crippen LogP contribution in [0, 0.1) is 0 Å². The third-order valence-corrected chi connectivity index (χ3v) is 2.53. The Morgan fingerprint density at radius 1 is 1.60 bits per heavy atom. The molecule has 0 aliphatic heterocycles. The van der Waals surface area contributed by atoms with Crippen molar-refractivity contribution in [3.05, 3.63) is 29.3 Å². The summed E-state index contributed by atoms with van der Waals surface area (Å²) in [5.74, 6) is 0.411. The van der Waals surface area contributed by atoms with Crippen molar-refractivity contribution >= 4 is 21.7 Å². The fraction of sp³-hybridized carbons (Fsp3) is 0.364. The number of ether oxygens (including phenoxy) is 1. The van der Waals surface area contributed by atoms with Crippen LogP contribution >= 0.6 is 15.9 Å². The Bertz CT molecular complexity index is 339. The first-order valence-corrected chi connectivity index (χ1v) is 5.48. The third kappa shape index (κ3) is 2.58. The molecule has 0 heterocycles. The first kappa shape index (κ1) is 12.2. The molecule has 0 aromatic heterocycles. The van der Waals surface area contributed by atoms with Crippen LogP contribution in [0.3, 0.4) is 0 Å². The molecule has 1 aromatic rings. The van der Waals surface area contributed by atoms with E-state index in [9.17, 15) is 4.79 Å². The molecule has 1 rings (SSSR count). The zero-order valence-electron chi connectivity index (χ0n) is 8.66. The molecule has 0 spiro atoms. The number of ketones is 1. The first-order valence-electron chi connectivity index (χ1n) is 4.56. The summed E-state index contributed by atoms with van der Waals surface area (Å²) in [6.07, 6.45) is 0. The van der Waals surface area contributed by atoms with Gasteiger partial charge in [-0.05, 0) is 18.6 Å². The predicted molar refractivity (Wildman–Crippen MR) is 61.6 cm³/mol. The molecule has 3 nitrogen and oxygen atoms in total. The minimum absolute atomic E-state index is 0.0866. The Morgan fingerprint density at radius 2 is 2.27 bits per heavy atom. The molecule has 0 saturated carbocycles. The Hall–Kier alpha value is -0.870. The van der Waals surface area contributed by atoms with Crippen molar-refractivity contribution in [1.29, 1.82) is 0 Å². The molecule has 4 heteroatoms. The Kier molecular flexibility index (Phi) is 4.29. The molecule has 0 saturated heterocycles. The number of carbonyl (C=O) groups is 1. The van der Waals surface area contributed by atoms with E-state index in [0.717, 1.165) is 0 Å². The van der Waals surface area contributed by atoms with Crippen LogP contribution in [-0.2, 0) is 6.61 Å². The first-order chi connectivity index (χ1) is 7.11. The van der Waals surface area contributed by atoms with Gasteiger partial charge in [-0.25, -0.2) is 0 Å². The number of Topliss-reactive ketones (excluding diaryl/α,β-unsaturated/α-hetero) is 1. The minimum atomic E-state index is -0.293. The highest BCUT2D eigenvalue weighted by Gasteiger charge is 2.20. The molecular weight excluding hydrogens is 260 g/mol. The molecule has 0 aliphatic carbocycles. The average molecular weight is 273 g/mol. The second-order valence-corrected chi connectivity index (χ2v) is 4.51. The summed E-state index contributed by atoms with van der Waals surface area (Å²) in [7, 11) is 1.51. The molecular formula is C11H13BrO3. The zero-order valence-corrected chi connectivity index (χ0v) is 10.2. The molecule has 15 heavy (non-hydrogen) atoms. The van der Waals surface area contributed by atoms with Crippen LogP contribution in [0.1, 0.15) is 22.8 Å². The maximum absolute atomic E-state index is 11.9. The summed E-state index contributed by atoms with van der Waals surface area (Å²) < 4.78 is 5.11. The number of halogens is 1. The molecule has 0 amide bonds. The van der Waals surface area contributed by atoms with Crippen molar-refractivity contribution in [2.45, 2.75) is 18.4 Å². The summed E-state index contributed by atoms with van der Waals surface area (Å²) in [6, 6.07) is 5.17. The highest BCUT2D eigenvalue weighted by atomic mass is 79.9. The fourth-order valence-corrected chi connectivity index (χ4v) is 1.59. The number of rotatable bonds is 4. The number of alkyl halides is 1. The van der Waals surface area contributed by atoms with E-state index in [2.05, 4.69) is 15.9 Å². The normalized spacial score (nSPS) is 12.3. The number of hydrogen-bond donors (Lipinski definition) is 1. The van der Waals surface area contributed by atoms with Crippen molar-refractivity contribution in [2.24, 2.45) is 0 Å². The molecule has 1 aromatic carbocycles. The van der Waals surface area contributed by atoms with Crippen molar-refractivity contribution in [3.8, 4) is 5.75 Å². The van der Waals surface area contributed by atoms with Gasteiger partial charge in [0.15, 0.2) is 5.78 Å². The van der Waals surface area contributed by atoms with E-state index in [1.54, 1.807) is 25.1 Å². The van der Waals surface area contributed by atoms with E-state index >= 15 is 0 Å². The molecule has 1 atom stereocenters. The molecule has 0 bridgehead atoms. The van der Waals surface area contributed by atoms with Crippen LogP contribution in [0.2, 0.25) is 0 Å². The van der Waals surface area contributed by atoms with Crippen LogP contribution in [-0.4, -0.2) is 22.8 Å². The van der Waals surface area contributed by atoms with Crippen molar-refractivity contribution in [2.75, 3.05) is 7.11 Å². The smallest absolute Gasteiger partial charge is 0.180 e. The molecule has 0 radical (unpaired) electrons. The Morgan fingerprint density at radius 3 is 2.73 bits per heavy atom. The number of methoxy groups -OCH3 is 1. The summed E-state index contributed by atoms with van der Waals surface area (Å²) >= 11 is 3.22. The van der Waals surface area contributed by atoms with Gasteiger partial charge >= 0.3 is 0 Å². The van der Waals surface area contributed by atoms with Gasteiger partial charge < -0.3 is 9.84 Å². The van der Waals surface area contributed by atoms with Crippen LogP contribution in [0.5, 0.6) is 5.75 Å². The summed E-state index contributed by atoms with van der Waals surface area (Å²) in [6.45, 7) is 1.58. The number of benzene rings is 1. The van der Waals surface area contributed by atoms with Crippen LogP contribution in [0.15, 0.2) is 18.2 Å². The van der Waals surface area contributed by atoms with Gasteiger partial charge in [0, 0.05) is 0 Å². The van der Waals surface area contributed by atoms with Gasteiger partial charge in [0.05, 0.1) is 24.1 Å². The summed E-state index contributed by atoms with van der Waals surface area (Å²) in [4.78, 5) is 11.6. The van der Waals surface area contributed by atoms with Crippen LogP contribution < -0.4 is 4.74 Å². The lowest BCUT2D eigenvalue weighted by molar-refractivity contribution is 0.0989. The van der Waals surface area contributed by atoms with E-state index in [4.69, 9.17) is 9.84 Å². The second-order valence-electron chi connectivity index (χ2n) is 3.13. The van der Waals surface area contributed by atoms with E-state index in [1.165, 1.54) is 7.11 Å². The van der Waals surface area contributed by atoms with E-state index < -0.39 is 0 Å². The van der Waals surface area contributed by atoms with Crippen LogP contribution in [0.4, 0.5) is 0 Å². The second kappa shape index (κ2) is 5.28. The zero-order chi connectivity index (χ0) is 11.4. The Balaban J connectivity index is 3.28. The van der Waals surface area contributed by atoms with Gasteiger partial charge in [0.2, 0.25) is 0 Å². The maximum atomic E-state index is 11.9. The quantitative estimate of drug-likeness (QED) is 0.675. The van der Waals surface area contributed by atoms with Gasteiger partial charge in [0.25, 0.3) is 0 Å². The highest BCUT2D eigenvalue weighted by molar-refractivity contribution is 9.10. The van der Waals surface area contributed by atoms with E-state index in [-0.39, 0.29) is 17.2 Å². The Labute approximate surface area is 97.2 Å². The average Bonchev–Trinajstić information content (AvgIpc) is 2.26. The lowest BCUT2D eigenvalue weighted by Crippen LogP contribution is -2.14. The van der Waals surface area contributed by atoms with Crippen molar-refractivity contribution in [3.63, 3.8) is 0 Å². The van der Waals surface area contributed by atoms with Crippen molar-refractivity contribution in [1.82, 2.24) is 0 Å². The molecule has 0 fully saturated rings. The summed E-state index contributed by atoms with van der Waals surface area (Å²) in [5, 5.41) is 9.15. The minimum Gasteiger partial charge on any atom is -0.496 e. The largest absolute Gasteiger partial charge is 0.496 e. The highest BCUT2D eigenvalue weighted by Crippen LogP contribution is 2.25. The predicted octanol–water partition coefficient (Wildman–Crippen LogP) is 2.15. The number of hydrogen-bond acceptors (Lipinski definition) is 3. The van der Waals surface area contributed by atoms with Gasteiger partial charge in [-0.1, -0.05) is 28.1 Å². The standard InChI is InChI=1S/C11H13BrO3/c1-7(12)11(14)10-8(6-13)4-3-5-9(10)15-2/h3-5,7,13H,6H2,1-2H3. The maximum Gasteiger partial charge on any atom is 0.180 e. The molecule has 1 N–H and O–H groups in total. The van der Waals surface area contributed by atoms with Gasteiger partial charge in [-0.2, -0.15) is 0 Å². The van der Waals surface area contributed by atoms with Crippen LogP contribution in [0.25, 0.3) is 0 Å². The van der Waals surface area contributed by atoms with Crippen molar-refractivity contribution < 1.29 is 14.6 Å². The lowest BCUT2D eigenvalue weighted by Gasteiger charge is -2.12.